The van der Waals surface area contributed by atoms with Crippen LogP contribution in [0.2, 0.25) is 0 Å². The summed E-state index contributed by atoms with van der Waals surface area (Å²) in [6, 6.07) is 13.9. The van der Waals surface area contributed by atoms with E-state index in [0.29, 0.717) is 31.2 Å². The molecule has 0 spiro atoms. The molecule has 204 valence electrons. The highest BCUT2D eigenvalue weighted by Gasteiger charge is 2.32. The SMILES string of the molecule is CCCCCOc1cc(N2CC[C@@H](C)N(Cc3cccc4c3ccn4CC(=O)N(C)C)C2=O)ccc1OC. The fourth-order valence-corrected chi connectivity index (χ4v) is 4.89. The Morgan fingerprint density at radius 2 is 1.92 bits per heavy atom. The number of benzene rings is 2. The highest BCUT2D eigenvalue weighted by atomic mass is 16.5. The van der Waals surface area contributed by atoms with E-state index in [1.165, 1.54) is 0 Å². The third kappa shape index (κ3) is 5.90. The number of unbranched alkanes of at least 4 members (excludes halogenated alkanes) is 2. The molecule has 2 heterocycles. The van der Waals surface area contributed by atoms with Crippen molar-refractivity contribution in [3.63, 3.8) is 0 Å². The minimum absolute atomic E-state index is 0.0231. The van der Waals surface area contributed by atoms with Crippen LogP contribution in [0.4, 0.5) is 10.5 Å². The molecule has 0 N–H and O–H groups in total. The van der Waals surface area contributed by atoms with E-state index in [1.54, 1.807) is 26.1 Å². The van der Waals surface area contributed by atoms with Crippen molar-refractivity contribution in [3.05, 3.63) is 54.2 Å². The summed E-state index contributed by atoms with van der Waals surface area (Å²) in [5, 5.41) is 1.06. The summed E-state index contributed by atoms with van der Waals surface area (Å²) in [6.07, 6.45) is 6.03. The van der Waals surface area contributed by atoms with Gasteiger partial charge in [0.25, 0.3) is 0 Å². The molecule has 1 aromatic heterocycles. The van der Waals surface area contributed by atoms with Gasteiger partial charge in [0.05, 0.1) is 13.7 Å². The van der Waals surface area contributed by atoms with Gasteiger partial charge in [0.2, 0.25) is 5.91 Å². The minimum atomic E-state index is -0.0231. The number of carbonyl (C=O) groups excluding carboxylic acids is 2. The molecule has 8 heteroatoms. The van der Waals surface area contributed by atoms with Crippen molar-refractivity contribution >= 4 is 28.5 Å². The smallest absolute Gasteiger partial charge is 0.325 e. The number of nitrogens with zero attached hydrogens (tertiary/aromatic N) is 4. The molecule has 1 aliphatic heterocycles. The molecule has 3 amide bonds. The molecule has 3 aromatic rings. The van der Waals surface area contributed by atoms with Crippen molar-refractivity contribution < 1.29 is 19.1 Å². The fraction of sp³-hybridized carbons (Fsp3) is 0.467. The zero-order chi connectivity index (χ0) is 27.2. The summed E-state index contributed by atoms with van der Waals surface area (Å²) >= 11 is 0. The lowest BCUT2D eigenvalue weighted by atomic mass is 10.1. The van der Waals surface area contributed by atoms with Gasteiger partial charge in [0.1, 0.15) is 6.54 Å². The number of methoxy groups -OCH3 is 1. The molecule has 1 aliphatic rings. The van der Waals surface area contributed by atoms with Gasteiger partial charge < -0.3 is 23.8 Å². The third-order valence-corrected chi connectivity index (χ3v) is 7.29. The van der Waals surface area contributed by atoms with E-state index < -0.39 is 0 Å². The van der Waals surface area contributed by atoms with Crippen molar-refractivity contribution in [3.8, 4) is 11.5 Å². The Hall–Kier alpha value is -3.68. The predicted molar refractivity (Wildman–Crippen MR) is 151 cm³/mol. The maximum atomic E-state index is 13.8. The Kier molecular flexibility index (Phi) is 8.81. The number of carbonyl (C=O) groups is 2. The van der Waals surface area contributed by atoms with E-state index in [2.05, 4.69) is 19.9 Å². The Balaban J connectivity index is 1.55. The molecule has 1 saturated heterocycles. The minimum Gasteiger partial charge on any atom is -0.493 e. The van der Waals surface area contributed by atoms with E-state index in [0.717, 1.165) is 47.8 Å². The van der Waals surface area contributed by atoms with Crippen LogP contribution in [-0.2, 0) is 17.9 Å². The molecule has 2 aromatic carbocycles. The van der Waals surface area contributed by atoms with Crippen molar-refractivity contribution in [1.82, 2.24) is 14.4 Å². The van der Waals surface area contributed by atoms with Crippen LogP contribution in [0.25, 0.3) is 10.9 Å². The number of ether oxygens (including phenoxy) is 2. The fourth-order valence-electron chi connectivity index (χ4n) is 4.89. The number of hydrogen-bond acceptors (Lipinski definition) is 4. The zero-order valence-corrected chi connectivity index (χ0v) is 23.3. The van der Waals surface area contributed by atoms with Crippen molar-refractivity contribution in [2.24, 2.45) is 0 Å². The largest absolute Gasteiger partial charge is 0.493 e. The maximum Gasteiger partial charge on any atom is 0.325 e. The molecular formula is C30H40N4O4. The quantitative estimate of drug-likeness (QED) is 0.312. The first-order valence-corrected chi connectivity index (χ1v) is 13.5. The lowest BCUT2D eigenvalue weighted by Gasteiger charge is -2.40. The van der Waals surface area contributed by atoms with Gasteiger partial charge in [0, 0.05) is 62.1 Å². The molecule has 38 heavy (non-hydrogen) atoms. The molecule has 0 unspecified atom stereocenters. The monoisotopic (exact) mass is 520 g/mol. The van der Waals surface area contributed by atoms with Crippen LogP contribution in [0, 0.1) is 0 Å². The lowest BCUT2D eigenvalue weighted by molar-refractivity contribution is -0.129. The predicted octanol–water partition coefficient (Wildman–Crippen LogP) is 5.53. The summed E-state index contributed by atoms with van der Waals surface area (Å²) in [6.45, 7) is 6.31. The normalized spacial score (nSPS) is 15.7. The first kappa shape index (κ1) is 27.4. The summed E-state index contributed by atoms with van der Waals surface area (Å²) in [5.41, 5.74) is 2.87. The van der Waals surface area contributed by atoms with Crippen LogP contribution in [0.15, 0.2) is 48.7 Å². The number of aromatic nitrogens is 1. The van der Waals surface area contributed by atoms with E-state index in [1.807, 2.05) is 57.0 Å². The molecule has 1 fully saturated rings. The second-order valence-corrected chi connectivity index (χ2v) is 10.2. The van der Waals surface area contributed by atoms with Gasteiger partial charge in [-0.2, -0.15) is 0 Å². The highest BCUT2D eigenvalue weighted by Crippen LogP contribution is 2.34. The average molecular weight is 521 g/mol. The molecule has 1 atom stereocenters. The second-order valence-electron chi connectivity index (χ2n) is 10.2. The van der Waals surface area contributed by atoms with Crippen molar-refractivity contribution in [2.75, 3.05) is 39.3 Å². The molecule has 0 saturated carbocycles. The Labute approximate surface area is 225 Å². The van der Waals surface area contributed by atoms with Crippen LogP contribution in [0.1, 0.15) is 45.1 Å². The van der Waals surface area contributed by atoms with Gasteiger partial charge in [0.15, 0.2) is 11.5 Å². The number of amides is 3. The molecular weight excluding hydrogens is 480 g/mol. The van der Waals surface area contributed by atoms with Gasteiger partial charge >= 0.3 is 6.03 Å². The number of hydrogen-bond donors (Lipinski definition) is 0. The van der Waals surface area contributed by atoms with Crippen LogP contribution in [0.3, 0.4) is 0 Å². The van der Waals surface area contributed by atoms with E-state index in [9.17, 15) is 9.59 Å². The standard InChI is InChI=1S/C30H40N4O4/c1-6-7-8-18-38-28-19-24(12-13-27(28)37-5)33-17-14-22(2)34(30(33)36)20-23-10-9-11-26-25(23)15-16-32(26)21-29(35)31(3)4/h9-13,15-16,19,22H,6-8,14,17-18,20-21H2,1-5H3/t22-/m1/s1. The summed E-state index contributed by atoms with van der Waals surface area (Å²) in [7, 11) is 5.16. The average Bonchev–Trinajstić information content (AvgIpc) is 3.32. The van der Waals surface area contributed by atoms with Gasteiger partial charge in [-0.15, -0.1) is 0 Å². The first-order chi connectivity index (χ1) is 18.3. The summed E-state index contributed by atoms with van der Waals surface area (Å²) in [4.78, 5) is 31.5. The van der Waals surface area contributed by atoms with E-state index >= 15 is 0 Å². The van der Waals surface area contributed by atoms with Crippen molar-refractivity contribution in [1.29, 1.82) is 0 Å². The van der Waals surface area contributed by atoms with Crippen LogP contribution < -0.4 is 14.4 Å². The summed E-state index contributed by atoms with van der Waals surface area (Å²) < 4.78 is 13.5. The van der Waals surface area contributed by atoms with Gasteiger partial charge in [-0.25, -0.2) is 4.79 Å². The van der Waals surface area contributed by atoms with Gasteiger partial charge in [-0.05, 0) is 49.6 Å². The number of likely N-dealkylation sites (N-methyl/N-ethyl adjacent to an activating group) is 1. The molecule has 4 rings (SSSR count). The molecule has 8 nitrogen and oxygen atoms in total. The first-order valence-electron chi connectivity index (χ1n) is 13.5. The van der Waals surface area contributed by atoms with Crippen LogP contribution in [-0.4, -0.2) is 66.7 Å². The highest BCUT2D eigenvalue weighted by molar-refractivity contribution is 5.94. The third-order valence-electron chi connectivity index (χ3n) is 7.29. The van der Waals surface area contributed by atoms with E-state index in [-0.39, 0.29) is 24.5 Å². The van der Waals surface area contributed by atoms with Crippen molar-refractivity contribution in [2.45, 2.75) is 58.7 Å². The molecule has 0 aliphatic carbocycles. The van der Waals surface area contributed by atoms with Gasteiger partial charge in [-0.3, -0.25) is 9.69 Å². The number of fused-ring (bicyclic) bond motifs is 1. The zero-order valence-electron chi connectivity index (χ0n) is 23.3. The number of urea groups is 1. The van der Waals surface area contributed by atoms with E-state index in [4.69, 9.17) is 9.47 Å². The summed E-state index contributed by atoms with van der Waals surface area (Å²) in [5.74, 6) is 1.37. The Morgan fingerprint density at radius 3 is 2.66 bits per heavy atom. The molecule has 0 radical (unpaired) electrons. The van der Waals surface area contributed by atoms with Crippen LogP contribution >= 0.6 is 0 Å². The molecule has 0 bridgehead atoms. The Morgan fingerprint density at radius 1 is 1.11 bits per heavy atom. The second kappa shape index (κ2) is 12.2. The number of rotatable bonds is 11. The number of anilines is 1. The Bertz CT molecular complexity index is 1270. The maximum absolute atomic E-state index is 13.8. The topological polar surface area (TPSA) is 67.2 Å². The van der Waals surface area contributed by atoms with Gasteiger partial charge in [-0.1, -0.05) is 31.9 Å². The van der Waals surface area contributed by atoms with Crippen LogP contribution in [0.5, 0.6) is 11.5 Å². The lowest BCUT2D eigenvalue weighted by Crippen LogP contribution is -2.53.